The van der Waals surface area contributed by atoms with Crippen LogP contribution in [0.2, 0.25) is 0 Å². The molecule has 1 saturated heterocycles. The molecule has 1 aliphatic rings. The largest absolute Gasteiger partial charge is 0.539 e. The zero-order valence-corrected chi connectivity index (χ0v) is 11.3. The second-order valence-corrected chi connectivity index (χ2v) is 4.33. The topological polar surface area (TPSA) is 90.0 Å². The number of imide groups is 1. The second kappa shape index (κ2) is 6.17. The molecule has 0 spiro atoms. The van der Waals surface area contributed by atoms with E-state index >= 15 is 0 Å². The molecule has 0 bridgehead atoms. The SMILES string of the molecule is CCC(=O)c1ccc(OC(=O)ON2C(=O)CCC2=O)cc1. The number of hydroxylamine groups is 2. The molecule has 0 radical (unpaired) electrons. The lowest BCUT2D eigenvalue weighted by molar-refractivity contribution is -0.174. The van der Waals surface area contributed by atoms with Gasteiger partial charge in [0.2, 0.25) is 0 Å². The van der Waals surface area contributed by atoms with Crippen LogP contribution in [0.3, 0.4) is 0 Å². The Balaban J connectivity index is 1.95. The van der Waals surface area contributed by atoms with E-state index in [0.717, 1.165) is 0 Å². The van der Waals surface area contributed by atoms with Gasteiger partial charge in [0.1, 0.15) is 5.75 Å². The monoisotopic (exact) mass is 291 g/mol. The highest BCUT2D eigenvalue weighted by atomic mass is 16.8. The number of carbonyl (C=O) groups excluding carboxylic acids is 4. The molecule has 2 amide bonds. The summed E-state index contributed by atoms with van der Waals surface area (Å²) in [6.45, 7) is 1.74. The first-order chi connectivity index (χ1) is 10.0. The molecule has 0 aromatic heterocycles. The highest BCUT2D eigenvalue weighted by Crippen LogP contribution is 2.16. The fraction of sp³-hybridized carbons (Fsp3) is 0.286. The van der Waals surface area contributed by atoms with Crippen LogP contribution in [-0.4, -0.2) is 28.8 Å². The normalized spacial score (nSPS) is 14.2. The van der Waals surface area contributed by atoms with Crippen LogP contribution in [0.4, 0.5) is 4.79 Å². The number of rotatable bonds is 4. The van der Waals surface area contributed by atoms with Crippen molar-refractivity contribution in [3.8, 4) is 5.75 Å². The highest BCUT2D eigenvalue weighted by molar-refractivity contribution is 6.01. The summed E-state index contributed by atoms with van der Waals surface area (Å²) in [5.41, 5.74) is 0.503. The van der Waals surface area contributed by atoms with Crippen molar-refractivity contribution in [2.75, 3.05) is 0 Å². The number of amides is 2. The van der Waals surface area contributed by atoms with Crippen molar-refractivity contribution in [1.82, 2.24) is 5.06 Å². The van der Waals surface area contributed by atoms with Crippen LogP contribution in [0, 0.1) is 0 Å². The van der Waals surface area contributed by atoms with Crippen molar-refractivity contribution in [1.29, 1.82) is 0 Å². The van der Waals surface area contributed by atoms with E-state index in [1.807, 2.05) is 0 Å². The van der Waals surface area contributed by atoms with Gasteiger partial charge < -0.3 is 4.74 Å². The predicted molar refractivity (Wildman–Crippen MR) is 69.3 cm³/mol. The van der Waals surface area contributed by atoms with Crippen LogP contribution >= 0.6 is 0 Å². The Kier molecular flexibility index (Phi) is 4.32. The summed E-state index contributed by atoms with van der Waals surface area (Å²) in [5.74, 6) is -1.05. The van der Waals surface area contributed by atoms with Gasteiger partial charge in [-0.25, -0.2) is 4.79 Å². The third kappa shape index (κ3) is 3.44. The maximum Gasteiger partial charge on any atom is 0.539 e. The lowest BCUT2D eigenvalue weighted by Crippen LogP contribution is -2.33. The third-order valence-electron chi connectivity index (χ3n) is 2.87. The van der Waals surface area contributed by atoms with Crippen molar-refractivity contribution in [3.05, 3.63) is 29.8 Å². The lowest BCUT2D eigenvalue weighted by Gasteiger charge is -2.12. The first-order valence-electron chi connectivity index (χ1n) is 6.40. The number of nitrogens with zero attached hydrogens (tertiary/aromatic N) is 1. The predicted octanol–water partition coefficient (Wildman–Crippen LogP) is 1.86. The van der Waals surface area contributed by atoms with Crippen molar-refractivity contribution in [3.63, 3.8) is 0 Å². The number of Topliss-reactive ketones (excluding diaryl/α,β-unsaturated/α-hetero) is 1. The summed E-state index contributed by atoms with van der Waals surface area (Å²) in [5, 5.41) is 0.400. The summed E-state index contributed by atoms with van der Waals surface area (Å²) in [6.07, 6.45) is -0.783. The molecule has 0 N–H and O–H groups in total. The van der Waals surface area contributed by atoms with E-state index in [4.69, 9.17) is 4.74 Å². The summed E-state index contributed by atoms with van der Waals surface area (Å²) in [7, 11) is 0. The lowest BCUT2D eigenvalue weighted by atomic mass is 10.1. The Morgan fingerprint density at radius 1 is 1.10 bits per heavy atom. The van der Waals surface area contributed by atoms with E-state index < -0.39 is 18.0 Å². The molecule has 0 saturated carbocycles. The molecule has 0 unspecified atom stereocenters. The Bertz CT molecular complexity index is 576. The number of ether oxygens (including phenoxy) is 1. The van der Waals surface area contributed by atoms with Crippen LogP contribution in [0.25, 0.3) is 0 Å². The van der Waals surface area contributed by atoms with E-state index in [1.165, 1.54) is 24.3 Å². The Hall–Kier alpha value is -2.70. The zero-order valence-electron chi connectivity index (χ0n) is 11.3. The first-order valence-corrected chi connectivity index (χ1v) is 6.40. The number of benzene rings is 1. The minimum absolute atomic E-state index is 0.0138. The average Bonchev–Trinajstić information content (AvgIpc) is 2.79. The van der Waals surface area contributed by atoms with E-state index in [0.29, 0.717) is 17.0 Å². The molecule has 0 aliphatic carbocycles. The minimum atomic E-state index is -1.19. The molecule has 7 nitrogen and oxygen atoms in total. The van der Waals surface area contributed by atoms with Gasteiger partial charge in [0, 0.05) is 24.8 Å². The first kappa shape index (κ1) is 14.7. The molecule has 1 aromatic rings. The molecular formula is C14H13NO6. The van der Waals surface area contributed by atoms with Crippen LogP contribution in [0.5, 0.6) is 5.75 Å². The van der Waals surface area contributed by atoms with E-state index in [-0.39, 0.29) is 24.4 Å². The van der Waals surface area contributed by atoms with Gasteiger partial charge in [-0.15, -0.1) is 0 Å². The smallest absolute Gasteiger partial charge is 0.393 e. The fourth-order valence-corrected chi connectivity index (χ4v) is 1.76. The Morgan fingerprint density at radius 3 is 2.19 bits per heavy atom. The number of hydrogen-bond acceptors (Lipinski definition) is 6. The summed E-state index contributed by atoms with van der Waals surface area (Å²) < 4.78 is 4.82. The Morgan fingerprint density at radius 2 is 1.67 bits per heavy atom. The molecule has 1 aromatic carbocycles. The van der Waals surface area contributed by atoms with Crippen LogP contribution in [0.15, 0.2) is 24.3 Å². The number of carbonyl (C=O) groups is 4. The maximum atomic E-state index is 11.5. The molecule has 1 aliphatic heterocycles. The van der Waals surface area contributed by atoms with Gasteiger partial charge >= 0.3 is 6.16 Å². The number of ketones is 1. The standard InChI is InChI=1S/C14H13NO6/c1-2-11(16)9-3-5-10(6-4-9)20-14(19)21-15-12(17)7-8-13(15)18/h3-6H,2,7-8H2,1H3. The van der Waals surface area contributed by atoms with Gasteiger partial charge in [-0.2, -0.15) is 0 Å². The third-order valence-corrected chi connectivity index (χ3v) is 2.87. The van der Waals surface area contributed by atoms with Crippen LogP contribution in [0.1, 0.15) is 36.5 Å². The summed E-state index contributed by atoms with van der Waals surface area (Å²) in [6, 6.07) is 5.89. The van der Waals surface area contributed by atoms with Gasteiger partial charge in [-0.1, -0.05) is 12.0 Å². The maximum absolute atomic E-state index is 11.5. The van der Waals surface area contributed by atoms with Crippen molar-refractivity contribution < 1.29 is 28.8 Å². The van der Waals surface area contributed by atoms with E-state index in [2.05, 4.69) is 4.84 Å². The van der Waals surface area contributed by atoms with Gasteiger partial charge in [0.05, 0.1) is 0 Å². The fourth-order valence-electron chi connectivity index (χ4n) is 1.76. The zero-order chi connectivity index (χ0) is 15.4. The molecule has 7 heteroatoms. The Labute approximate surface area is 120 Å². The molecule has 1 heterocycles. The molecule has 0 atom stereocenters. The van der Waals surface area contributed by atoms with Crippen molar-refractivity contribution in [2.24, 2.45) is 0 Å². The molecule has 1 fully saturated rings. The van der Waals surface area contributed by atoms with Gasteiger partial charge in [0.15, 0.2) is 5.78 Å². The molecule has 2 rings (SSSR count). The minimum Gasteiger partial charge on any atom is -0.393 e. The molecule has 110 valence electrons. The van der Waals surface area contributed by atoms with Crippen LogP contribution < -0.4 is 4.74 Å². The van der Waals surface area contributed by atoms with E-state index in [1.54, 1.807) is 6.92 Å². The number of hydrogen-bond donors (Lipinski definition) is 0. The highest BCUT2D eigenvalue weighted by Gasteiger charge is 2.33. The van der Waals surface area contributed by atoms with Gasteiger partial charge in [-0.05, 0) is 24.3 Å². The molecule has 21 heavy (non-hydrogen) atoms. The van der Waals surface area contributed by atoms with Crippen molar-refractivity contribution in [2.45, 2.75) is 26.2 Å². The van der Waals surface area contributed by atoms with Gasteiger partial charge in [0.25, 0.3) is 11.8 Å². The van der Waals surface area contributed by atoms with Crippen LogP contribution in [-0.2, 0) is 14.4 Å². The molecular weight excluding hydrogens is 278 g/mol. The van der Waals surface area contributed by atoms with E-state index in [9.17, 15) is 19.2 Å². The quantitative estimate of drug-likeness (QED) is 0.364. The van der Waals surface area contributed by atoms with Gasteiger partial charge in [-0.3, -0.25) is 19.2 Å². The summed E-state index contributed by atoms with van der Waals surface area (Å²) in [4.78, 5) is 50.0. The summed E-state index contributed by atoms with van der Waals surface area (Å²) >= 11 is 0. The average molecular weight is 291 g/mol. The second-order valence-electron chi connectivity index (χ2n) is 4.33. The van der Waals surface area contributed by atoms with Crippen molar-refractivity contribution >= 4 is 23.8 Å².